The molecule has 2 saturated carbocycles. The summed E-state index contributed by atoms with van der Waals surface area (Å²) in [5.74, 6) is 0.0138. The number of nitriles is 1. The zero-order valence-electron chi connectivity index (χ0n) is 8.12. The minimum absolute atomic E-state index is 0.0138. The largest absolute Gasteiger partial charge is 0.335 e. The molecular formula is C10H15N3O. The van der Waals surface area contributed by atoms with Crippen molar-refractivity contribution in [3.8, 4) is 6.07 Å². The second kappa shape index (κ2) is 3.87. The van der Waals surface area contributed by atoms with Gasteiger partial charge in [0.25, 0.3) is 0 Å². The summed E-state index contributed by atoms with van der Waals surface area (Å²) in [7, 11) is 0. The van der Waals surface area contributed by atoms with Gasteiger partial charge in [0.1, 0.15) is 0 Å². The van der Waals surface area contributed by atoms with E-state index in [2.05, 4.69) is 16.7 Å². The fraction of sp³-hybridized carbons (Fsp3) is 0.800. The molecule has 2 rings (SSSR count). The molecule has 2 N–H and O–H groups in total. The van der Waals surface area contributed by atoms with Crippen molar-refractivity contribution in [2.24, 2.45) is 5.92 Å². The molecule has 4 nitrogen and oxygen atoms in total. The maximum Gasteiger partial charge on any atom is 0.315 e. The van der Waals surface area contributed by atoms with Crippen molar-refractivity contribution < 1.29 is 4.79 Å². The van der Waals surface area contributed by atoms with Gasteiger partial charge < -0.3 is 10.6 Å². The number of carbonyl (C=O) groups excluding carboxylic acids is 1. The van der Waals surface area contributed by atoms with Gasteiger partial charge in [-0.05, 0) is 32.1 Å². The molecular weight excluding hydrogens is 178 g/mol. The Labute approximate surface area is 83.7 Å². The first-order valence-electron chi connectivity index (χ1n) is 5.26. The monoisotopic (exact) mass is 193 g/mol. The molecule has 2 atom stereocenters. The van der Waals surface area contributed by atoms with Crippen LogP contribution < -0.4 is 10.6 Å². The molecule has 4 heteroatoms. The highest BCUT2D eigenvalue weighted by molar-refractivity contribution is 5.75. The average Bonchev–Trinajstić information content (AvgIpc) is 2.84. The van der Waals surface area contributed by atoms with E-state index in [0.29, 0.717) is 6.04 Å². The van der Waals surface area contributed by atoms with Crippen LogP contribution in [0.1, 0.15) is 32.1 Å². The number of nitrogens with one attached hydrogen (secondary N) is 2. The summed E-state index contributed by atoms with van der Waals surface area (Å²) in [5, 5.41) is 14.6. The maximum absolute atomic E-state index is 11.4. The molecule has 0 aliphatic heterocycles. The van der Waals surface area contributed by atoms with E-state index in [1.54, 1.807) is 0 Å². The first-order valence-corrected chi connectivity index (χ1v) is 5.26. The first kappa shape index (κ1) is 9.32. The minimum atomic E-state index is -0.0975. The Morgan fingerprint density at radius 2 is 2.00 bits per heavy atom. The fourth-order valence-corrected chi connectivity index (χ4v) is 1.91. The molecule has 0 aromatic heterocycles. The van der Waals surface area contributed by atoms with Crippen LogP contribution in [0.25, 0.3) is 0 Å². The third kappa shape index (κ3) is 2.16. The Bertz CT molecular complexity index is 267. The topological polar surface area (TPSA) is 64.9 Å². The van der Waals surface area contributed by atoms with Gasteiger partial charge in [-0.15, -0.1) is 0 Å². The highest BCUT2D eigenvalue weighted by Crippen LogP contribution is 2.25. The molecule has 0 radical (unpaired) electrons. The quantitative estimate of drug-likeness (QED) is 0.690. The minimum Gasteiger partial charge on any atom is -0.335 e. The summed E-state index contributed by atoms with van der Waals surface area (Å²) < 4.78 is 0. The summed E-state index contributed by atoms with van der Waals surface area (Å²) in [6.45, 7) is 0. The Morgan fingerprint density at radius 3 is 2.64 bits per heavy atom. The standard InChI is InChI=1S/C10H15N3O/c11-6-7-2-1-3-9(7)13-10(14)12-8-4-5-8/h7-9H,1-5H2,(H2,12,13,14). The number of amides is 2. The molecule has 2 aliphatic rings. The van der Waals surface area contributed by atoms with Crippen LogP contribution in [0, 0.1) is 17.2 Å². The fourth-order valence-electron chi connectivity index (χ4n) is 1.91. The molecule has 2 fully saturated rings. The van der Waals surface area contributed by atoms with E-state index in [0.717, 1.165) is 32.1 Å². The molecule has 0 heterocycles. The van der Waals surface area contributed by atoms with Crippen molar-refractivity contribution in [3.63, 3.8) is 0 Å². The lowest BCUT2D eigenvalue weighted by atomic mass is 10.1. The summed E-state index contributed by atoms with van der Waals surface area (Å²) in [6, 6.07) is 2.60. The predicted molar refractivity (Wildman–Crippen MR) is 51.4 cm³/mol. The van der Waals surface area contributed by atoms with E-state index in [4.69, 9.17) is 5.26 Å². The van der Waals surface area contributed by atoms with Gasteiger partial charge in [0.05, 0.1) is 12.0 Å². The van der Waals surface area contributed by atoms with Gasteiger partial charge in [0.15, 0.2) is 0 Å². The number of carbonyl (C=O) groups is 1. The molecule has 2 aliphatic carbocycles. The van der Waals surface area contributed by atoms with Gasteiger partial charge in [-0.25, -0.2) is 4.79 Å². The first-order chi connectivity index (χ1) is 6.79. The summed E-state index contributed by atoms with van der Waals surface area (Å²) >= 11 is 0. The van der Waals surface area contributed by atoms with E-state index < -0.39 is 0 Å². The van der Waals surface area contributed by atoms with Crippen molar-refractivity contribution in [1.82, 2.24) is 10.6 Å². The van der Waals surface area contributed by atoms with Crippen molar-refractivity contribution >= 4 is 6.03 Å². The zero-order valence-corrected chi connectivity index (χ0v) is 8.12. The van der Waals surface area contributed by atoms with Crippen LogP contribution in [-0.4, -0.2) is 18.1 Å². The second-order valence-corrected chi connectivity index (χ2v) is 4.17. The molecule has 0 aromatic carbocycles. The Hall–Kier alpha value is -1.24. The summed E-state index contributed by atoms with van der Waals surface area (Å²) in [4.78, 5) is 11.4. The van der Waals surface area contributed by atoms with Gasteiger partial charge in [0.2, 0.25) is 0 Å². The van der Waals surface area contributed by atoms with Crippen LogP contribution in [0.5, 0.6) is 0 Å². The van der Waals surface area contributed by atoms with E-state index in [1.807, 2.05) is 0 Å². The molecule has 76 valence electrons. The van der Waals surface area contributed by atoms with Crippen LogP contribution in [0.3, 0.4) is 0 Å². The number of hydrogen-bond acceptors (Lipinski definition) is 2. The molecule has 2 unspecified atom stereocenters. The molecule has 0 aromatic rings. The SMILES string of the molecule is N#CC1CCCC1NC(=O)NC1CC1. The van der Waals surface area contributed by atoms with Gasteiger partial charge in [-0.3, -0.25) is 0 Å². The van der Waals surface area contributed by atoms with Crippen LogP contribution >= 0.6 is 0 Å². The van der Waals surface area contributed by atoms with Crippen molar-refractivity contribution in [3.05, 3.63) is 0 Å². The van der Waals surface area contributed by atoms with Gasteiger partial charge in [-0.2, -0.15) is 5.26 Å². The van der Waals surface area contributed by atoms with Crippen molar-refractivity contribution in [2.75, 3.05) is 0 Å². The normalized spacial score (nSPS) is 30.8. The third-order valence-electron chi connectivity index (χ3n) is 2.91. The predicted octanol–water partition coefficient (Wildman–Crippen LogP) is 1.14. The lowest BCUT2D eigenvalue weighted by molar-refractivity contribution is 0.235. The van der Waals surface area contributed by atoms with Crippen LogP contribution in [0.15, 0.2) is 0 Å². The number of hydrogen-bond donors (Lipinski definition) is 2. The molecule has 0 spiro atoms. The molecule has 0 bridgehead atoms. The van der Waals surface area contributed by atoms with Crippen molar-refractivity contribution in [2.45, 2.75) is 44.2 Å². The zero-order chi connectivity index (χ0) is 9.97. The van der Waals surface area contributed by atoms with Gasteiger partial charge >= 0.3 is 6.03 Å². The number of rotatable bonds is 2. The van der Waals surface area contributed by atoms with Crippen LogP contribution in [-0.2, 0) is 0 Å². The summed E-state index contributed by atoms with van der Waals surface area (Å²) in [6.07, 6.45) is 5.10. The average molecular weight is 193 g/mol. The smallest absolute Gasteiger partial charge is 0.315 e. The number of urea groups is 1. The van der Waals surface area contributed by atoms with Gasteiger partial charge in [0, 0.05) is 12.1 Å². The Balaban J connectivity index is 1.77. The Kier molecular flexibility index (Phi) is 2.58. The molecule has 14 heavy (non-hydrogen) atoms. The maximum atomic E-state index is 11.4. The summed E-state index contributed by atoms with van der Waals surface area (Å²) in [5.41, 5.74) is 0. The van der Waals surface area contributed by atoms with Gasteiger partial charge in [-0.1, -0.05) is 0 Å². The third-order valence-corrected chi connectivity index (χ3v) is 2.91. The Morgan fingerprint density at radius 1 is 1.21 bits per heavy atom. The molecule has 0 saturated heterocycles. The van der Waals surface area contributed by atoms with Crippen LogP contribution in [0.2, 0.25) is 0 Å². The lowest BCUT2D eigenvalue weighted by Crippen LogP contribution is -2.44. The molecule has 2 amide bonds. The van der Waals surface area contributed by atoms with E-state index in [-0.39, 0.29) is 18.0 Å². The lowest BCUT2D eigenvalue weighted by Gasteiger charge is -2.15. The van der Waals surface area contributed by atoms with E-state index in [1.165, 1.54) is 0 Å². The second-order valence-electron chi connectivity index (χ2n) is 4.17. The van der Waals surface area contributed by atoms with Crippen LogP contribution in [0.4, 0.5) is 4.79 Å². The van der Waals surface area contributed by atoms with E-state index >= 15 is 0 Å². The van der Waals surface area contributed by atoms with E-state index in [9.17, 15) is 4.79 Å². The van der Waals surface area contributed by atoms with Crippen molar-refractivity contribution in [1.29, 1.82) is 5.26 Å². The highest BCUT2D eigenvalue weighted by Gasteiger charge is 2.30. The highest BCUT2D eigenvalue weighted by atomic mass is 16.2. The number of nitrogens with zero attached hydrogens (tertiary/aromatic N) is 1.